The molecule has 2 aromatic carbocycles. The highest BCUT2D eigenvalue weighted by molar-refractivity contribution is 7.22. The van der Waals surface area contributed by atoms with Gasteiger partial charge in [-0.1, -0.05) is 23.5 Å². The zero-order valence-electron chi connectivity index (χ0n) is 15.2. The van der Waals surface area contributed by atoms with Crippen LogP contribution >= 0.6 is 11.3 Å². The summed E-state index contributed by atoms with van der Waals surface area (Å²) in [6.45, 7) is 0.335. The molecule has 0 radical (unpaired) electrons. The number of halogens is 3. The Morgan fingerprint density at radius 3 is 2.60 bits per heavy atom. The van der Waals surface area contributed by atoms with Crippen LogP contribution < -0.4 is 14.8 Å². The summed E-state index contributed by atoms with van der Waals surface area (Å²) >= 11 is 1.20. The van der Waals surface area contributed by atoms with Crippen LogP contribution in [0, 0.1) is 0 Å². The van der Waals surface area contributed by atoms with Gasteiger partial charge < -0.3 is 19.4 Å². The van der Waals surface area contributed by atoms with Crippen molar-refractivity contribution in [1.82, 2.24) is 14.5 Å². The average molecular weight is 434 g/mol. The molecular formula is C19H13F3N4O3S. The van der Waals surface area contributed by atoms with Crippen molar-refractivity contribution in [3.05, 3.63) is 42.2 Å². The van der Waals surface area contributed by atoms with Crippen LogP contribution in [0.4, 0.5) is 18.3 Å². The third kappa shape index (κ3) is 3.30. The Kier molecular flexibility index (Phi) is 4.28. The normalized spacial score (nSPS) is 13.7. The summed E-state index contributed by atoms with van der Waals surface area (Å²) in [6.07, 6.45) is -4.69. The summed E-state index contributed by atoms with van der Waals surface area (Å²) in [6, 6.07) is 9.63. The number of nitrogens with one attached hydrogen (secondary N) is 1. The summed E-state index contributed by atoms with van der Waals surface area (Å²) in [5.74, 6) is -0.600. The summed E-state index contributed by atoms with van der Waals surface area (Å²) < 4.78 is 52.9. The number of benzene rings is 2. The van der Waals surface area contributed by atoms with Crippen LogP contribution in [0.2, 0.25) is 0 Å². The number of alkyl halides is 3. The van der Waals surface area contributed by atoms with E-state index >= 15 is 0 Å². The summed E-state index contributed by atoms with van der Waals surface area (Å²) in [7, 11) is 0. The Labute approximate surface area is 171 Å². The largest absolute Gasteiger partial charge is 0.486 e. The Hall–Kier alpha value is -3.34. The Bertz CT molecular complexity index is 1240. The maximum atomic E-state index is 13.4. The lowest BCUT2D eigenvalue weighted by Gasteiger charge is -2.17. The fourth-order valence-electron chi connectivity index (χ4n) is 3.27. The van der Waals surface area contributed by atoms with Gasteiger partial charge in [-0.2, -0.15) is 13.2 Å². The van der Waals surface area contributed by atoms with Gasteiger partial charge in [0.1, 0.15) is 19.8 Å². The molecule has 0 unspecified atom stereocenters. The number of rotatable bonds is 3. The minimum atomic E-state index is -4.69. The van der Waals surface area contributed by atoms with Crippen molar-refractivity contribution in [2.75, 3.05) is 18.5 Å². The smallest absolute Gasteiger partial charge is 0.449 e. The summed E-state index contributed by atoms with van der Waals surface area (Å²) in [5, 5.41) is 2.85. The van der Waals surface area contributed by atoms with Gasteiger partial charge in [0.2, 0.25) is 11.7 Å². The highest BCUT2D eigenvalue weighted by Gasteiger charge is 2.38. The number of fused-ring (bicyclic) bond motifs is 3. The number of aromatic nitrogens is 3. The number of para-hydroxylation sites is 2. The van der Waals surface area contributed by atoms with Gasteiger partial charge in [0.15, 0.2) is 16.6 Å². The number of carbonyl (C=O) groups excluding carboxylic acids is 1. The van der Waals surface area contributed by atoms with Crippen LogP contribution in [-0.2, 0) is 17.5 Å². The molecule has 5 rings (SSSR count). The van der Waals surface area contributed by atoms with Gasteiger partial charge in [0.05, 0.1) is 21.3 Å². The van der Waals surface area contributed by atoms with E-state index in [-0.39, 0.29) is 16.2 Å². The number of nitrogens with zero attached hydrogens (tertiary/aromatic N) is 3. The standard InChI is InChI=1S/C19H13F3N4O3S/c20-19(21,22)17-23-10-3-1-2-4-12(10)26(17)9-16(27)25-18-24-11-7-13-14(8-15(11)30-18)29-6-5-28-13/h1-4,7-8H,5-6,9H2,(H,24,25,27). The molecule has 11 heteroatoms. The zero-order chi connectivity index (χ0) is 20.9. The lowest BCUT2D eigenvalue weighted by atomic mass is 10.3. The van der Waals surface area contributed by atoms with E-state index < -0.39 is 24.5 Å². The van der Waals surface area contributed by atoms with Gasteiger partial charge in [-0.15, -0.1) is 0 Å². The Morgan fingerprint density at radius 2 is 1.83 bits per heavy atom. The summed E-state index contributed by atoms with van der Waals surface area (Å²) in [4.78, 5) is 20.5. The second-order valence-electron chi connectivity index (χ2n) is 6.54. The van der Waals surface area contributed by atoms with E-state index in [1.807, 2.05) is 0 Å². The van der Waals surface area contributed by atoms with Crippen LogP contribution in [-0.4, -0.2) is 33.7 Å². The van der Waals surface area contributed by atoms with Crippen molar-refractivity contribution < 1.29 is 27.4 Å². The average Bonchev–Trinajstić information content (AvgIpc) is 3.26. The van der Waals surface area contributed by atoms with Crippen LogP contribution in [0.25, 0.3) is 21.3 Å². The molecule has 1 aliphatic rings. The molecule has 0 fully saturated rings. The Morgan fingerprint density at radius 1 is 1.10 bits per heavy atom. The molecule has 0 saturated heterocycles. The molecule has 30 heavy (non-hydrogen) atoms. The number of hydrogen-bond donors (Lipinski definition) is 1. The SMILES string of the molecule is O=C(Cn1c(C(F)(F)F)nc2ccccc21)Nc1nc2cc3c(cc2s1)OCCO3. The molecule has 154 valence electrons. The van der Waals surface area contributed by atoms with E-state index in [9.17, 15) is 18.0 Å². The second-order valence-corrected chi connectivity index (χ2v) is 7.57. The monoisotopic (exact) mass is 434 g/mol. The van der Waals surface area contributed by atoms with Gasteiger partial charge in [-0.05, 0) is 12.1 Å². The van der Waals surface area contributed by atoms with Gasteiger partial charge in [0, 0.05) is 12.1 Å². The van der Waals surface area contributed by atoms with Crippen LogP contribution in [0.5, 0.6) is 11.5 Å². The fourth-order valence-corrected chi connectivity index (χ4v) is 4.17. The first kappa shape index (κ1) is 18.7. The minimum absolute atomic E-state index is 0.170. The maximum Gasteiger partial charge on any atom is 0.449 e. The number of carbonyl (C=O) groups is 1. The lowest BCUT2D eigenvalue weighted by molar-refractivity contribution is -0.147. The molecule has 2 aromatic heterocycles. The van der Waals surface area contributed by atoms with E-state index in [1.54, 1.807) is 24.3 Å². The first-order valence-electron chi connectivity index (χ1n) is 8.91. The molecule has 7 nitrogen and oxygen atoms in total. The molecule has 1 aliphatic heterocycles. The molecule has 0 atom stereocenters. The van der Waals surface area contributed by atoms with Gasteiger partial charge in [-0.25, -0.2) is 9.97 Å². The number of anilines is 1. The minimum Gasteiger partial charge on any atom is -0.486 e. The number of imidazole rings is 1. The third-order valence-electron chi connectivity index (χ3n) is 4.51. The van der Waals surface area contributed by atoms with E-state index in [4.69, 9.17) is 9.47 Å². The van der Waals surface area contributed by atoms with Crippen molar-refractivity contribution in [2.24, 2.45) is 0 Å². The van der Waals surface area contributed by atoms with Gasteiger partial charge in [-0.3, -0.25) is 4.79 Å². The quantitative estimate of drug-likeness (QED) is 0.526. The first-order valence-corrected chi connectivity index (χ1v) is 9.72. The number of amides is 1. The van der Waals surface area contributed by atoms with Crippen molar-refractivity contribution in [3.63, 3.8) is 0 Å². The lowest BCUT2D eigenvalue weighted by Crippen LogP contribution is -2.23. The van der Waals surface area contributed by atoms with Crippen molar-refractivity contribution in [1.29, 1.82) is 0 Å². The number of thiazole rings is 1. The fraction of sp³-hybridized carbons (Fsp3) is 0.211. The summed E-state index contributed by atoms with van der Waals surface area (Å²) in [5.41, 5.74) is 0.998. The molecule has 4 aromatic rings. The second kappa shape index (κ2) is 6.87. The van der Waals surface area contributed by atoms with Crippen molar-refractivity contribution >= 4 is 43.6 Å². The highest BCUT2D eigenvalue weighted by Crippen LogP contribution is 2.38. The van der Waals surface area contributed by atoms with Crippen LogP contribution in [0.3, 0.4) is 0 Å². The van der Waals surface area contributed by atoms with Crippen LogP contribution in [0.1, 0.15) is 5.82 Å². The molecule has 1 N–H and O–H groups in total. The third-order valence-corrected chi connectivity index (χ3v) is 5.44. The zero-order valence-corrected chi connectivity index (χ0v) is 16.0. The molecule has 3 heterocycles. The van der Waals surface area contributed by atoms with Gasteiger partial charge >= 0.3 is 6.18 Å². The molecule has 0 bridgehead atoms. The van der Waals surface area contributed by atoms with E-state index in [2.05, 4.69) is 15.3 Å². The first-order chi connectivity index (χ1) is 14.4. The van der Waals surface area contributed by atoms with Crippen molar-refractivity contribution in [3.8, 4) is 11.5 Å². The Balaban J connectivity index is 1.43. The molecule has 0 spiro atoms. The predicted octanol–water partition coefficient (Wildman–Crippen LogP) is 4.07. The molecule has 1 amide bonds. The number of ether oxygens (including phenoxy) is 2. The number of hydrogen-bond acceptors (Lipinski definition) is 6. The maximum absolute atomic E-state index is 13.4. The van der Waals surface area contributed by atoms with E-state index in [0.29, 0.717) is 30.2 Å². The van der Waals surface area contributed by atoms with E-state index in [1.165, 1.54) is 23.5 Å². The van der Waals surface area contributed by atoms with Crippen molar-refractivity contribution in [2.45, 2.75) is 12.7 Å². The molecule has 0 aliphatic carbocycles. The molecule has 0 saturated carbocycles. The van der Waals surface area contributed by atoms with E-state index in [0.717, 1.165) is 9.27 Å². The molecular weight excluding hydrogens is 421 g/mol. The predicted molar refractivity (Wildman–Crippen MR) is 104 cm³/mol. The topological polar surface area (TPSA) is 78.3 Å². The van der Waals surface area contributed by atoms with Crippen LogP contribution in [0.15, 0.2) is 36.4 Å². The van der Waals surface area contributed by atoms with Gasteiger partial charge in [0.25, 0.3) is 0 Å². The highest BCUT2D eigenvalue weighted by atomic mass is 32.1.